The van der Waals surface area contributed by atoms with Crippen molar-refractivity contribution in [3.05, 3.63) is 107 Å². The van der Waals surface area contributed by atoms with Crippen molar-refractivity contribution in [1.29, 1.82) is 0 Å². The molecule has 1 aliphatic rings. The van der Waals surface area contributed by atoms with Gasteiger partial charge in [-0.1, -0.05) is 29.8 Å². The topological polar surface area (TPSA) is 93.0 Å². The van der Waals surface area contributed by atoms with Gasteiger partial charge in [0.15, 0.2) is 0 Å². The van der Waals surface area contributed by atoms with Gasteiger partial charge in [-0.2, -0.15) is 5.10 Å². The minimum absolute atomic E-state index is 0.0286. The molecule has 1 aliphatic heterocycles. The lowest BCUT2D eigenvalue weighted by Crippen LogP contribution is -2.33. The van der Waals surface area contributed by atoms with Crippen LogP contribution < -0.4 is 10.2 Å². The first-order chi connectivity index (χ1) is 18.7. The maximum atomic E-state index is 15.4. The Labute approximate surface area is 228 Å². The van der Waals surface area contributed by atoms with Gasteiger partial charge in [0, 0.05) is 48.8 Å². The molecule has 198 valence electrons. The highest BCUT2D eigenvalue weighted by Gasteiger charge is 2.41. The van der Waals surface area contributed by atoms with Gasteiger partial charge in [0.1, 0.15) is 0 Å². The van der Waals surface area contributed by atoms with Crippen LogP contribution in [0.1, 0.15) is 33.7 Å². The molecule has 2 aromatic heterocycles. The molecule has 0 unspecified atom stereocenters. The van der Waals surface area contributed by atoms with E-state index in [4.69, 9.17) is 11.6 Å². The third kappa shape index (κ3) is 5.56. The minimum Gasteiger partial charge on any atom is -0.347 e. The molecule has 0 saturated heterocycles. The molecule has 0 fully saturated rings. The molecule has 8 nitrogen and oxygen atoms in total. The summed E-state index contributed by atoms with van der Waals surface area (Å²) in [5.41, 5.74) is 2.00. The first-order valence-electron chi connectivity index (χ1n) is 12.1. The quantitative estimate of drug-likeness (QED) is 0.354. The monoisotopic (exact) mass is 548 g/mol. The van der Waals surface area contributed by atoms with Gasteiger partial charge in [0.05, 0.1) is 46.1 Å². The van der Waals surface area contributed by atoms with Crippen LogP contribution in [-0.4, -0.2) is 44.0 Å². The zero-order valence-corrected chi connectivity index (χ0v) is 21.6. The van der Waals surface area contributed by atoms with E-state index in [-0.39, 0.29) is 34.9 Å². The number of aryl methyl sites for hydroxylation is 1. The lowest BCUT2D eigenvalue weighted by molar-refractivity contribution is -0.116. The van der Waals surface area contributed by atoms with E-state index < -0.39 is 29.7 Å². The second kappa shape index (κ2) is 10.7. The van der Waals surface area contributed by atoms with Crippen LogP contribution in [0.5, 0.6) is 0 Å². The molecule has 39 heavy (non-hydrogen) atoms. The SMILES string of the molecule is Cc1ccn(-c2ccc(C(=O)N3CCC(F)(F)/C(=C\C(=O)NCc4cnccn4)c4ccccc43)c(Cl)c2)n1. The van der Waals surface area contributed by atoms with Crippen molar-refractivity contribution >= 4 is 34.7 Å². The molecule has 2 aromatic carbocycles. The molecule has 5 rings (SSSR count). The van der Waals surface area contributed by atoms with Crippen LogP contribution >= 0.6 is 11.6 Å². The van der Waals surface area contributed by atoms with Crippen molar-refractivity contribution < 1.29 is 18.4 Å². The Kier molecular flexibility index (Phi) is 7.21. The predicted octanol–water partition coefficient (Wildman–Crippen LogP) is 5.01. The average Bonchev–Trinajstić information content (AvgIpc) is 3.33. The third-order valence-corrected chi connectivity index (χ3v) is 6.59. The summed E-state index contributed by atoms with van der Waals surface area (Å²) in [5, 5.41) is 7.07. The van der Waals surface area contributed by atoms with Crippen LogP contribution in [0.15, 0.2) is 79.4 Å². The van der Waals surface area contributed by atoms with Crippen LogP contribution in [-0.2, 0) is 11.3 Å². The van der Waals surface area contributed by atoms with Crippen LogP contribution in [0.3, 0.4) is 0 Å². The fraction of sp³-hybridized carbons (Fsp3) is 0.179. The van der Waals surface area contributed by atoms with E-state index >= 15 is 8.78 Å². The Morgan fingerprint density at radius 1 is 1.15 bits per heavy atom. The van der Waals surface area contributed by atoms with Crippen molar-refractivity contribution in [2.75, 3.05) is 11.4 Å². The number of para-hydroxylation sites is 1. The summed E-state index contributed by atoms with van der Waals surface area (Å²) < 4.78 is 32.5. The van der Waals surface area contributed by atoms with Crippen LogP contribution in [0.4, 0.5) is 14.5 Å². The molecule has 0 bridgehead atoms. The molecule has 2 amide bonds. The summed E-state index contributed by atoms with van der Waals surface area (Å²) in [4.78, 5) is 35.6. The maximum absolute atomic E-state index is 15.4. The van der Waals surface area contributed by atoms with Gasteiger partial charge >= 0.3 is 0 Å². The molecule has 0 atom stereocenters. The highest BCUT2D eigenvalue weighted by atomic mass is 35.5. The van der Waals surface area contributed by atoms with E-state index in [1.165, 1.54) is 29.6 Å². The summed E-state index contributed by atoms with van der Waals surface area (Å²) in [5.74, 6) is -4.61. The van der Waals surface area contributed by atoms with E-state index in [1.54, 1.807) is 47.3 Å². The molecule has 1 N–H and O–H groups in total. The molecule has 0 spiro atoms. The number of alkyl halides is 2. The average molecular weight is 549 g/mol. The second-order valence-corrected chi connectivity index (χ2v) is 9.37. The number of anilines is 1. The number of allylic oxidation sites excluding steroid dienone is 1. The van der Waals surface area contributed by atoms with Gasteiger partial charge in [0.25, 0.3) is 11.8 Å². The van der Waals surface area contributed by atoms with Gasteiger partial charge in [-0.25, -0.2) is 13.5 Å². The third-order valence-electron chi connectivity index (χ3n) is 6.28. The fourth-order valence-electron chi connectivity index (χ4n) is 4.34. The zero-order valence-electron chi connectivity index (χ0n) is 20.8. The van der Waals surface area contributed by atoms with E-state index in [2.05, 4.69) is 20.4 Å². The molecule has 0 radical (unpaired) electrons. The summed E-state index contributed by atoms with van der Waals surface area (Å²) >= 11 is 6.50. The van der Waals surface area contributed by atoms with Crippen LogP contribution in [0.2, 0.25) is 5.02 Å². The number of nitrogens with one attached hydrogen (secondary N) is 1. The summed E-state index contributed by atoms with van der Waals surface area (Å²) in [7, 11) is 0. The molecule has 11 heteroatoms. The molecule has 0 saturated carbocycles. The number of halogens is 3. The van der Waals surface area contributed by atoms with Gasteiger partial charge in [-0.05, 0) is 37.3 Å². The molecule has 3 heterocycles. The lowest BCUT2D eigenvalue weighted by Gasteiger charge is -2.23. The number of aromatic nitrogens is 4. The largest absolute Gasteiger partial charge is 0.347 e. The number of rotatable bonds is 5. The molecule has 4 aromatic rings. The minimum atomic E-state index is -3.37. The van der Waals surface area contributed by atoms with Crippen LogP contribution in [0.25, 0.3) is 11.3 Å². The number of carbonyl (C=O) groups is 2. The summed E-state index contributed by atoms with van der Waals surface area (Å²) in [6, 6.07) is 13.0. The molecular formula is C28H23ClF2N6O2. The zero-order chi connectivity index (χ0) is 27.6. The van der Waals surface area contributed by atoms with Crippen molar-refractivity contribution in [1.82, 2.24) is 25.1 Å². The number of hydrogen-bond donors (Lipinski definition) is 1. The second-order valence-electron chi connectivity index (χ2n) is 8.97. The number of carbonyl (C=O) groups excluding carboxylic acids is 2. The molecular weight excluding hydrogens is 526 g/mol. The van der Waals surface area contributed by atoms with E-state index in [9.17, 15) is 9.59 Å². The Balaban J connectivity index is 1.46. The van der Waals surface area contributed by atoms with Crippen LogP contribution in [0, 0.1) is 6.92 Å². The number of hydrogen-bond acceptors (Lipinski definition) is 5. The van der Waals surface area contributed by atoms with Gasteiger partial charge in [-0.15, -0.1) is 0 Å². The fourth-order valence-corrected chi connectivity index (χ4v) is 4.60. The van der Waals surface area contributed by atoms with E-state index in [0.29, 0.717) is 11.4 Å². The summed E-state index contributed by atoms with van der Waals surface area (Å²) in [6.07, 6.45) is 6.41. The van der Waals surface area contributed by atoms with Crippen molar-refractivity contribution in [2.24, 2.45) is 0 Å². The molecule has 0 aliphatic carbocycles. The predicted molar refractivity (Wildman–Crippen MR) is 143 cm³/mol. The Hall–Kier alpha value is -4.44. The summed E-state index contributed by atoms with van der Waals surface area (Å²) in [6.45, 7) is 1.60. The number of benzene rings is 2. The normalized spacial score (nSPS) is 15.5. The maximum Gasteiger partial charge on any atom is 0.275 e. The number of nitrogens with zero attached hydrogens (tertiary/aromatic N) is 5. The first-order valence-corrected chi connectivity index (χ1v) is 12.5. The lowest BCUT2D eigenvalue weighted by atomic mass is 9.97. The van der Waals surface area contributed by atoms with Gasteiger partial charge in [0.2, 0.25) is 5.91 Å². The smallest absolute Gasteiger partial charge is 0.275 e. The Bertz CT molecular complexity index is 1570. The first kappa shape index (κ1) is 26.2. The van der Waals surface area contributed by atoms with Gasteiger partial charge < -0.3 is 10.2 Å². The Morgan fingerprint density at radius 3 is 2.69 bits per heavy atom. The van der Waals surface area contributed by atoms with Gasteiger partial charge in [-0.3, -0.25) is 19.6 Å². The van der Waals surface area contributed by atoms with E-state index in [0.717, 1.165) is 11.8 Å². The number of amides is 2. The Morgan fingerprint density at radius 2 is 1.97 bits per heavy atom. The number of fused-ring (bicyclic) bond motifs is 1. The highest BCUT2D eigenvalue weighted by molar-refractivity contribution is 6.34. The van der Waals surface area contributed by atoms with Crippen molar-refractivity contribution in [3.8, 4) is 5.69 Å². The van der Waals surface area contributed by atoms with Crippen molar-refractivity contribution in [2.45, 2.75) is 25.8 Å². The standard InChI is InChI=1S/C28H23ClF2N6O2/c1-18-8-12-37(35-18)20-6-7-22(24(29)14-20)27(39)36-13-9-28(30,31)23(21-4-2-3-5-25(21)36)15-26(38)34-17-19-16-32-10-11-33-19/h2-8,10-12,14-16H,9,13,17H2,1H3,(H,34,38)/b23-15-. The van der Waals surface area contributed by atoms with E-state index in [1.807, 2.05) is 13.0 Å². The van der Waals surface area contributed by atoms with Crippen molar-refractivity contribution in [3.63, 3.8) is 0 Å². The highest BCUT2D eigenvalue weighted by Crippen LogP contribution is 2.43.